The van der Waals surface area contributed by atoms with Gasteiger partial charge in [-0.25, -0.2) is 0 Å². The minimum absolute atomic E-state index is 0.300. The number of halogens is 1. The van der Waals surface area contributed by atoms with E-state index in [9.17, 15) is 9.59 Å². The van der Waals surface area contributed by atoms with Crippen LogP contribution in [0.2, 0.25) is 0 Å². The van der Waals surface area contributed by atoms with Crippen molar-refractivity contribution in [3.8, 4) is 11.1 Å². The van der Waals surface area contributed by atoms with Crippen LogP contribution in [0.4, 0.5) is 0 Å². The van der Waals surface area contributed by atoms with Crippen molar-refractivity contribution in [2.75, 3.05) is 5.88 Å². The van der Waals surface area contributed by atoms with Gasteiger partial charge in [-0.15, -0.1) is 11.6 Å². The quantitative estimate of drug-likeness (QED) is 0.508. The normalized spacial score (nSPS) is 12.0. The summed E-state index contributed by atoms with van der Waals surface area (Å²) >= 11 is 5.68. The third kappa shape index (κ3) is 4.83. The molecule has 3 nitrogen and oxygen atoms in total. The maximum Gasteiger partial charge on any atom is 0.258 e. The highest BCUT2D eigenvalue weighted by Gasteiger charge is 2.25. The molecule has 1 aliphatic rings. The number of imide groups is 1. The van der Waals surface area contributed by atoms with Crippen molar-refractivity contribution >= 4 is 23.4 Å². The van der Waals surface area contributed by atoms with E-state index in [4.69, 9.17) is 11.6 Å². The number of hydrogen-bond donors (Lipinski definition) is 1. The smallest absolute Gasteiger partial charge is 0.258 e. The van der Waals surface area contributed by atoms with Crippen LogP contribution >= 0.6 is 11.6 Å². The maximum atomic E-state index is 10.9. The molecule has 0 saturated carbocycles. The number of nitrogens with one attached hydrogen (secondary N) is 1. The van der Waals surface area contributed by atoms with E-state index in [1.54, 1.807) is 24.3 Å². The van der Waals surface area contributed by atoms with Gasteiger partial charge in [0.15, 0.2) is 0 Å². The van der Waals surface area contributed by atoms with Gasteiger partial charge in [-0.2, -0.15) is 0 Å². The number of fused-ring (bicyclic) bond motifs is 1. The van der Waals surface area contributed by atoms with E-state index in [0.29, 0.717) is 11.1 Å². The number of benzene rings is 3. The number of rotatable bonds is 4. The van der Waals surface area contributed by atoms with Gasteiger partial charge >= 0.3 is 0 Å². The molecule has 0 atom stereocenters. The molecule has 1 heterocycles. The molecule has 0 saturated heterocycles. The highest BCUT2D eigenvalue weighted by molar-refractivity contribution is 6.21. The van der Waals surface area contributed by atoms with Gasteiger partial charge in [0.05, 0.1) is 11.1 Å². The van der Waals surface area contributed by atoms with E-state index in [1.165, 1.54) is 16.7 Å². The first-order chi connectivity index (χ1) is 13.2. The average molecular weight is 378 g/mol. The van der Waals surface area contributed by atoms with Crippen molar-refractivity contribution in [3.05, 3.63) is 95.6 Å². The SMILES string of the molecule is ClCCCc1ccc(-c2ccccc2)cc1.O=C1NC(=O)c2ccccc21. The average Bonchev–Trinajstić information content (AvgIpc) is 3.02. The molecule has 0 bridgehead atoms. The fraction of sp³-hybridized carbons (Fsp3) is 0.130. The van der Waals surface area contributed by atoms with Gasteiger partial charge in [0, 0.05) is 5.88 Å². The maximum absolute atomic E-state index is 10.9. The number of alkyl halides is 1. The Balaban J connectivity index is 0.000000166. The molecule has 0 fully saturated rings. The molecule has 3 aromatic carbocycles. The van der Waals surface area contributed by atoms with Gasteiger partial charge in [-0.1, -0.05) is 66.7 Å². The highest BCUT2D eigenvalue weighted by Crippen LogP contribution is 2.19. The lowest BCUT2D eigenvalue weighted by Gasteiger charge is -2.03. The molecule has 0 aliphatic carbocycles. The minimum Gasteiger partial charge on any atom is -0.288 e. The van der Waals surface area contributed by atoms with E-state index in [2.05, 4.69) is 53.8 Å². The fourth-order valence-electron chi connectivity index (χ4n) is 2.88. The van der Waals surface area contributed by atoms with Crippen LogP contribution in [0.1, 0.15) is 32.7 Å². The second-order valence-corrected chi connectivity index (χ2v) is 6.56. The molecule has 136 valence electrons. The first-order valence-corrected chi connectivity index (χ1v) is 9.37. The number of aryl methyl sites for hydroxylation is 1. The molecule has 0 spiro atoms. The zero-order valence-electron chi connectivity index (χ0n) is 14.8. The number of carbonyl (C=O) groups excluding carboxylic acids is 2. The minimum atomic E-state index is -0.300. The third-order valence-electron chi connectivity index (χ3n) is 4.30. The molecule has 0 unspecified atom stereocenters. The van der Waals surface area contributed by atoms with Gasteiger partial charge in [0.25, 0.3) is 11.8 Å². The van der Waals surface area contributed by atoms with Crippen LogP contribution in [0.3, 0.4) is 0 Å². The highest BCUT2D eigenvalue weighted by atomic mass is 35.5. The molecule has 1 N–H and O–H groups in total. The molecular weight excluding hydrogens is 358 g/mol. The van der Waals surface area contributed by atoms with E-state index in [1.807, 2.05) is 6.07 Å². The Kier molecular flexibility index (Phi) is 6.39. The van der Waals surface area contributed by atoms with E-state index in [-0.39, 0.29) is 11.8 Å². The Bertz CT molecular complexity index is 888. The lowest BCUT2D eigenvalue weighted by Crippen LogP contribution is -2.19. The predicted molar refractivity (Wildman–Crippen MR) is 109 cm³/mol. The van der Waals surface area contributed by atoms with Crippen LogP contribution in [0, 0.1) is 0 Å². The van der Waals surface area contributed by atoms with Gasteiger partial charge in [0.2, 0.25) is 0 Å². The van der Waals surface area contributed by atoms with Gasteiger partial charge in [-0.05, 0) is 41.7 Å². The molecular formula is C23H20ClNO2. The van der Waals surface area contributed by atoms with E-state index >= 15 is 0 Å². The molecule has 4 rings (SSSR count). The predicted octanol–water partition coefficient (Wildman–Crippen LogP) is 5.10. The summed E-state index contributed by atoms with van der Waals surface area (Å²) in [5, 5.41) is 2.20. The summed E-state index contributed by atoms with van der Waals surface area (Å²) in [6.45, 7) is 0. The van der Waals surface area contributed by atoms with Crippen molar-refractivity contribution in [1.82, 2.24) is 5.32 Å². The zero-order chi connectivity index (χ0) is 19.1. The van der Waals surface area contributed by atoms with Gasteiger partial charge < -0.3 is 0 Å². The van der Waals surface area contributed by atoms with Crippen molar-refractivity contribution in [2.45, 2.75) is 12.8 Å². The topological polar surface area (TPSA) is 46.2 Å². The van der Waals surface area contributed by atoms with Crippen LogP contribution < -0.4 is 5.32 Å². The fourth-order valence-corrected chi connectivity index (χ4v) is 3.02. The summed E-state index contributed by atoms with van der Waals surface area (Å²) < 4.78 is 0. The van der Waals surface area contributed by atoms with Crippen LogP contribution in [0.5, 0.6) is 0 Å². The second-order valence-electron chi connectivity index (χ2n) is 6.18. The largest absolute Gasteiger partial charge is 0.288 e. The summed E-state index contributed by atoms with van der Waals surface area (Å²) in [6, 6.07) is 25.9. The van der Waals surface area contributed by atoms with Gasteiger partial charge in [0.1, 0.15) is 0 Å². The monoisotopic (exact) mass is 377 g/mol. The van der Waals surface area contributed by atoms with Crippen LogP contribution in [0.15, 0.2) is 78.9 Å². The third-order valence-corrected chi connectivity index (χ3v) is 4.57. The number of hydrogen-bond acceptors (Lipinski definition) is 2. The van der Waals surface area contributed by atoms with Crippen molar-refractivity contribution < 1.29 is 9.59 Å². The summed E-state index contributed by atoms with van der Waals surface area (Å²) in [5.41, 5.74) is 4.84. The Morgan fingerprint density at radius 1 is 0.667 bits per heavy atom. The first-order valence-electron chi connectivity index (χ1n) is 8.84. The van der Waals surface area contributed by atoms with Gasteiger partial charge in [-0.3, -0.25) is 14.9 Å². The molecule has 4 heteroatoms. The molecule has 1 aliphatic heterocycles. The first kappa shape index (κ1) is 18.9. The Labute approximate surface area is 164 Å². The summed E-state index contributed by atoms with van der Waals surface area (Å²) in [5.74, 6) is 0.136. The van der Waals surface area contributed by atoms with Crippen molar-refractivity contribution in [3.63, 3.8) is 0 Å². The Morgan fingerprint density at radius 3 is 1.74 bits per heavy atom. The summed E-state index contributed by atoms with van der Waals surface area (Å²) in [4.78, 5) is 21.9. The lowest BCUT2D eigenvalue weighted by molar-refractivity contribution is 0.0879. The van der Waals surface area contributed by atoms with Crippen LogP contribution in [0.25, 0.3) is 11.1 Å². The van der Waals surface area contributed by atoms with E-state index in [0.717, 1.165) is 18.7 Å². The molecule has 0 radical (unpaired) electrons. The molecule has 2 amide bonds. The lowest BCUT2D eigenvalue weighted by atomic mass is 10.0. The second kappa shape index (κ2) is 9.15. The van der Waals surface area contributed by atoms with Crippen LogP contribution in [-0.4, -0.2) is 17.7 Å². The Morgan fingerprint density at radius 2 is 1.19 bits per heavy atom. The number of carbonyl (C=O) groups is 2. The standard InChI is InChI=1S/C15H15Cl.C8H5NO2/c16-12-4-5-13-8-10-15(11-9-13)14-6-2-1-3-7-14;10-7-5-3-1-2-4-6(5)8(11)9-7/h1-3,6-11H,4-5,12H2;1-4H,(H,9,10,11). The Hall–Kier alpha value is -2.91. The summed E-state index contributed by atoms with van der Waals surface area (Å²) in [6.07, 6.45) is 2.12. The summed E-state index contributed by atoms with van der Waals surface area (Å²) in [7, 11) is 0. The van der Waals surface area contributed by atoms with Crippen LogP contribution in [-0.2, 0) is 6.42 Å². The van der Waals surface area contributed by atoms with E-state index < -0.39 is 0 Å². The van der Waals surface area contributed by atoms with Crippen molar-refractivity contribution in [1.29, 1.82) is 0 Å². The molecule has 0 aromatic heterocycles. The molecule has 27 heavy (non-hydrogen) atoms. The van der Waals surface area contributed by atoms with Crippen molar-refractivity contribution in [2.24, 2.45) is 0 Å². The molecule has 3 aromatic rings. The number of amides is 2. The zero-order valence-corrected chi connectivity index (χ0v) is 15.6.